The molecule has 2 aromatic carbocycles. The Morgan fingerprint density at radius 1 is 0.840 bits per heavy atom. The molecular formula is C23H33NSi. The van der Waals surface area contributed by atoms with Gasteiger partial charge in [0.2, 0.25) is 0 Å². The number of fused-ring (bicyclic) bond motifs is 3. The van der Waals surface area contributed by atoms with E-state index in [4.69, 9.17) is 5.73 Å². The van der Waals surface area contributed by atoms with Crippen LogP contribution in [0.2, 0.25) is 13.1 Å². The molecule has 0 amide bonds. The number of hydrogen-bond acceptors (Lipinski definition) is 1. The topological polar surface area (TPSA) is 26.0 Å². The van der Waals surface area contributed by atoms with Crippen molar-refractivity contribution >= 4 is 8.80 Å². The van der Waals surface area contributed by atoms with Crippen molar-refractivity contribution in [1.29, 1.82) is 0 Å². The van der Waals surface area contributed by atoms with Crippen LogP contribution >= 0.6 is 0 Å². The summed E-state index contributed by atoms with van der Waals surface area (Å²) in [5, 5.41) is 0.0212. The fourth-order valence-corrected chi connectivity index (χ4v) is 10.3. The van der Waals surface area contributed by atoms with Gasteiger partial charge in [0.1, 0.15) is 0 Å². The van der Waals surface area contributed by atoms with E-state index in [1.54, 1.807) is 0 Å². The minimum Gasteiger partial charge on any atom is -0.325 e. The number of hydrogen-bond donors (Lipinski definition) is 1. The molecule has 2 heteroatoms. The molecule has 0 bridgehead atoms. The molecule has 1 atom stereocenters. The Bertz CT molecular complexity index is 776. The van der Waals surface area contributed by atoms with Crippen molar-refractivity contribution in [3.63, 3.8) is 0 Å². The summed E-state index contributed by atoms with van der Waals surface area (Å²) in [6.45, 7) is 16.6. The van der Waals surface area contributed by atoms with Gasteiger partial charge >= 0.3 is 0 Å². The van der Waals surface area contributed by atoms with Crippen molar-refractivity contribution < 1.29 is 0 Å². The van der Waals surface area contributed by atoms with Crippen LogP contribution < -0.4 is 5.73 Å². The second-order valence-corrected chi connectivity index (χ2v) is 12.8. The average molecular weight is 352 g/mol. The lowest BCUT2D eigenvalue weighted by molar-refractivity contribution is 0.174. The maximum atomic E-state index is 6.97. The zero-order valence-electron chi connectivity index (χ0n) is 16.9. The van der Waals surface area contributed by atoms with Gasteiger partial charge in [0.05, 0.1) is 0 Å². The van der Waals surface area contributed by atoms with Crippen LogP contribution in [0.3, 0.4) is 0 Å². The van der Waals surface area contributed by atoms with Gasteiger partial charge in [-0.05, 0) is 53.5 Å². The second kappa shape index (κ2) is 5.82. The molecule has 1 unspecified atom stereocenters. The van der Waals surface area contributed by atoms with Gasteiger partial charge < -0.3 is 5.73 Å². The Morgan fingerprint density at radius 2 is 1.44 bits per heavy atom. The molecule has 0 heterocycles. The fraction of sp³-hybridized carbons (Fsp3) is 0.478. The predicted octanol–water partition coefficient (Wildman–Crippen LogP) is 5.30. The van der Waals surface area contributed by atoms with Crippen molar-refractivity contribution in [1.82, 2.24) is 0 Å². The molecule has 3 rings (SSSR count). The third-order valence-electron chi connectivity index (χ3n) is 6.34. The highest BCUT2D eigenvalue weighted by Gasteiger charge is 2.55. The second-order valence-electron chi connectivity index (χ2n) is 9.60. The van der Waals surface area contributed by atoms with E-state index >= 15 is 0 Å². The van der Waals surface area contributed by atoms with Crippen LogP contribution in [0.15, 0.2) is 42.5 Å². The predicted molar refractivity (Wildman–Crippen MR) is 113 cm³/mol. The van der Waals surface area contributed by atoms with Gasteiger partial charge in [-0.2, -0.15) is 0 Å². The quantitative estimate of drug-likeness (QED) is 0.636. The lowest BCUT2D eigenvalue weighted by atomic mass is 9.64. The Kier molecular flexibility index (Phi) is 4.29. The summed E-state index contributed by atoms with van der Waals surface area (Å²) in [5.74, 6) is 0. The molecule has 25 heavy (non-hydrogen) atoms. The monoisotopic (exact) mass is 351 g/mol. The van der Waals surface area contributed by atoms with Gasteiger partial charge in [-0.25, -0.2) is 0 Å². The first-order valence-electron chi connectivity index (χ1n) is 9.51. The van der Waals surface area contributed by atoms with Gasteiger partial charge in [-0.1, -0.05) is 76.3 Å². The van der Waals surface area contributed by atoms with Crippen molar-refractivity contribution in [3.8, 4) is 11.1 Å². The zero-order valence-corrected chi connectivity index (χ0v) is 18.1. The highest BCUT2D eigenvalue weighted by atomic mass is 28.3. The molecule has 0 fully saturated rings. The molecule has 1 aliphatic rings. The van der Waals surface area contributed by atoms with E-state index in [9.17, 15) is 0 Å². The highest BCUT2D eigenvalue weighted by molar-refractivity contribution is 6.60. The van der Waals surface area contributed by atoms with Crippen LogP contribution in [0.1, 0.15) is 51.3 Å². The molecular weight excluding hydrogens is 318 g/mol. The van der Waals surface area contributed by atoms with E-state index in [0.29, 0.717) is 0 Å². The number of nitrogens with two attached hydrogens (primary N) is 1. The lowest BCUT2D eigenvalue weighted by Crippen LogP contribution is -2.67. The van der Waals surface area contributed by atoms with E-state index in [-0.39, 0.29) is 16.0 Å². The van der Waals surface area contributed by atoms with E-state index in [2.05, 4.69) is 90.2 Å². The molecule has 0 spiro atoms. The number of rotatable bonds is 3. The molecule has 1 nitrogen and oxygen atoms in total. The molecule has 0 aromatic heterocycles. The standard InChI is InChI=1S/C23H33NSi/c1-21(2,3)23(25(6)7,22(4,5)24)20-14-10-13-18-17-12-9-8-11-16(17)15-19(18)20/h8-14,25H,15,24H2,1-7H3. The van der Waals surface area contributed by atoms with E-state index in [1.165, 1.54) is 27.8 Å². The van der Waals surface area contributed by atoms with Gasteiger partial charge in [-0.15, -0.1) is 0 Å². The van der Waals surface area contributed by atoms with Crippen LogP contribution in [-0.4, -0.2) is 14.3 Å². The largest absolute Gasteiger partial charge is 0.325 e. The van der Waals surface area contributed by atoms with Gasteiger partial charge in [0.25, 0.3) is 0 Å². The minimum atomic E-state index is -1.16. The minimum absolute atomic E-state index is 0.0212. The first kappa shape index (κ1) is 18.4. The molecule has 2 aromatic rings. The lowest BCUT2D eigenvalue weighted by Gasteiger charge is -2.57. The van der Waals surface area contributed by atoms with Gasteiger partial charge in [0, 0.05) is 19.4 Å². The normalized spacial score (nSPS) is 16.5. The van der Waals surface area contributed by atoms with Gasteiger partial charge in [-0.3, -0.25) is 0 Å². The third-order valence-corrected chi connectivity index (χ3v) is 9.99. The molecule has 1 aliphatic carbocycles. The summed E-state index contributed by atoms with van der Waals surface area (Å²) in [7, 11) is -1.16. The summed E-state index contributed by atoms with van der Waals surface area (Å²) in [5.41, 5.74) is 14.1. The maximum absolute atomic E-state index is 6.97. The Balaban J connectivity index is 2.35. The first-order valence-corrected chi connectivity index (χ1v) is 12.4. The van der Waals surface area contributed by atoms with Crippen LogP contribution in [0.25, 0.3) is 11.1 Å². The van der Waals surface area contributed by atoms with Crippen molar-refractivity contribution in [2.75, 3.05) is 0 Å². The van der Waals surface area contributed by atoms with Crippen LogP contribution in [0, 0.1) is 5.41 Å². The molecule has 0 radical (unpaired) electrons. The summed E-state index contributed by atoms with van der Waals surface area (Å²) in [6.07, 6.45) is 1.04. The zero-order chi connectivity index (χ0) is 18.6. The first-order chi connectivity index (χ1) is 11.5. The summed E-state index contributed by atoms with van der Waals surface area (Å²) < 4.78 is 0. The van der Waals surface area contributed by atoms with Crippen LogP contribution in [0.5, 0.6) is 0 Å². The number of benzene rings is 2. The molecule has 0 aliphatic heterocycles. The Hall–Kier alpha value is -1.38. The Labute approximate surface area is 155 Å². The molecule has 0 saturated carbocycles. The summed E-state index contributed by atoms with van der Waals surface area (Å²) >= 11 is 0. The summed E-state index contributed by atoms with van der Waals surface area (Å²) in [4.78, 5) is 0. The van der Waals surface area contributed by atoms with Gasteiger partial charge in [0.15, 0.2) is 0 Å². The molecule has 2 N–H and O–H groups in total. The molecule has 134 valence electrons. The fourth-order valence-electron chi connectivity index (χ4n) is 6.17. The van der Waals surface area contributed by atoms with E-state index in [1.807, 2.05) is 0 Å². The highest BCUT2D eigenvalue weighted by Crippen LogP contribution is 2.53. The van der Waals surface area contributed by atoms with Crippen molar-refractivity contribution in [2.24, 2.45) is 11.1 Å². The Morgan fingerprint density at radius 3 is 2.00 bits per heavy atom. The van der Waals surface area contributed by atoms with Crippen molar-refractivity contribution in [2.45, 2.75) is 64.7 Å². The maximum Gasteiger partial charge on any atom is 0.0457 e. The van der Waals surface area contributed by atoms with E-state index < -0.39 is 8.80 Å². The smallest absolute Gasteiger partial charge is 0.0457 e. The summed E-state index contributed by atoms with van der Waals surface area (Å²) in [6, 6.07) is 15.8. The average Bonchev–Trinajstić information content (AvgIpc) is 2.84. The van der Waals surface area contributed by atoms with Crippen molar-refractivity contribution in [3.05, 3.63) is 59.2 Å². The van der Waals surface area contributed by atoms with Crippen LogP contribution in [0.4, 0.5) is 0 Å². The van der Waals surface area contributed by atoms with Crippen LogP contribution in [-0.2, 0) is 11.5 Å². The van der Waals surface area contributed by atoms with E-state index in [0.717, 1.165) is 6.42 Å². The third kappa shape index (κ3) is 2.53. The molecule has 0 saturated heterocycles. The SMILES string of the molecule is C[SiH](C)C(c1cccc2c1Cc1ccccc1-2)(C(C)(C)C)C(C)(C)N.